The molecule has 3 aromatic rings. The fraction of sp³-hybridized carbons (Fsp3) is 0.150. The number of amides is 1. The molecule has 1 aromatic heterocycles. The summed E-state index contributed by atoms with van der Waals surface area (Å²) in [6, 6.07) is 8.84. The van der Waals surface area contributed by atoms with Gasteiger partial charge in [-0.3, -0.25) is 4.79 Å². The highest BCUT2D eigenvalue weighted by Gasteiger charge is 2.30. The van der Waals surface area contributed by atoms with Crippen LogP contribution in [0.25, 0.3) is 10.6 Å². The number of halogens is 4. The van der Waals surface area contributed by atoms with Gasteiger partial charge in [-0.25, -0.2) is 9.78 Å². The lowest BCUT2D eigenvalue weighted by molar-refractivity contribution is -0.137. The van der Waals surface area contributed by atoms with Crippen molar-refractivity contribution >= 4 is 40.5 Å². The number of nitrogens with zero attached hydrogens (tertiary/aromatic N) is 1. The Morgan fingerprint density at radius 2 is 1.80 bits per heavy atom. The number of thiazole rings is 1. The van der Waals surface area contributed by atoms with Crippen molar-refractivity contribution in [3.63, 3.8) is 0 Å². The number of carbonyl (C=O) groups excluding carboxylic acids is 2. The fourth-order valence-electron chi connectivity index (χ4n) is 2.58. The molecule has 0 spiro atoms. The van der Waals surface area contributed by atoms with Crippen molar-refractivity contribution in [1.82, 2.24) is 4.98 Å². The number of methoxy groups -OCH3 is 1. The Kier molecular flexibility index (Phi) is 6.14. The second-order valence-corrected chi connectivity index (χ2v) is 7.56. The Morgan fingerprint density at radius 3 is 2.40 bits per heavy atom. The average molecular weight is 455 g/mol. The number of ether oxygens (including phenoxy) is 1. The molecule has 1 N–H and O–H groups in total. The zero-order valence-electron chi connectivity index (χ0n) is 15.6. The first-order valence-corrected chi connectivity index (χ1v) is 9.64. The van der Waals surface area contributed by atoms with E-state index in [1.54, 1.807) is 6.92 Å². The molecule has 0 saturated heterocycles. The molecule has 1 amide bonds. The van der Waals surface area contributed by atoms with E-state index in [2.05, 4.69) is 15.0 Å². The molecule has 0 radical (unpaired) electrons. The summed E-state index contributed by atoms with van der Waals surface area (Å²) in [7, 11) is 1.23. The van der Waals surface area contributed by atoms with E-state index in [9.17, 15) is 22.8 Å². The highest BCUT2D eigenvalue weighted by molar-refractivity contribution is 7.17. The molecule has 1 heterocycles. The van der Waals surface area contributed by atoms with Crippen LogP contribution in [-0.2, 0) is 10.9 Å². The van der Waals surface area contributed by atoms with Gasteiger partial charge in [-0.2, -0.15) is 13.2 Å². The molecule has 0 saturated carbocycles. The summed E-state index contributed by atoms with van der Waals surface area (Å²) in [5.41, 5.74) is 0.531. The van der Waals surface area contributed by atoms with E-state index >= 15 is 0 Å². The number of carbonyl (C=O) groups is 2. The van der Waals surface area contributed by atoms with E-state index in [4.69, 9.17) is 11.6 Å². The highest BCUT2D eigenvalue weighted by Crippen LogP contribution is 2.33. The van der Waals surface area contributed by atoms with Gasteiger partial charge < -0.3 is 10.1 Å². The maximum atomic E-state index is 12.7. The van der Waals surface area contributed by atoms with Crippen LogP contribution in [0.3, 0.4) is 0 Å². The Hall–Kier alpha value is -2.91. The van der Waals surface area contributed by atoms with Crippen molar-refractivity contribution in [3.8, 4) is 10.6 Å². The van der Waals surface area contributed by atoms with Gasteiger partial charge >= 0.3 is 12.1 Å². The molecule has 3 rings (SSSR count). The minimum Gasteiger partial charge on any atom is -0.465 e. The van der Waals surface area contributed by atoms with Crippen molar-refractivity contribution in [2.45, 2.75) is 13.1 Å². The zero-order chi connectivity index (χ0) is 22.1. The van der Waals surface area contributed by atoms with Crippen LogP contribution in [0.2, 0.25) is 5.02 Å². The van der Waals surface area contributed by atoms with Crippen LogP contribution in [0.4, 0.5) is 18.9 Å². The van der Waals surface area contributed by atoms with Gasteiger partial charge in [-0.1, -0.05) is 23.7 Å². The molecule has 0 unspecified atom stereocenters. The van der Waals surface area contributed by atoms with E-state index in [1.807, 2.05) is 0 Å². The number of nitrogens with one attached hydrogen (secondary N) is 1. The van der Waals surface area contributed by atoms with Crippen molar-refractivity contribution in [1.29, 1.82) is 0 Å². The predicted molar refractivity (Wildman–Crippen MR) is 108 cm³/mol. The normalized spacial score (nSPS) is 11.3. The molecule has 2 aromatic carbocycles. The third kappa shape index (κ3) is 4.63. The second kappa shape index (κ2) is 8.45. The standard InChI is InChI=1S/C20H14ClF3N2O3S/c1-10-16(17(27)26-15-9-12(19(28)29-2)5-8-14(15)21)30-18(25-10)11-3-6-13(7-4-11)20(22,23)24/h3-9H,1-2H3,(H,26,27). The summed E-state index contributed by atoms with van der Waals surface area (Å²) in [5.74, 6) is -1.09. The van der Waals surface area contributed by atoms with Crippen molar-refractivity contribution in [2.75, 3.05) is 12.4 Å². The Labute approximate surface area is 178 Å². The fourth-order valence-corrected chi connectivity index (χ4v) is 3.71. The van der Waals surface area contributed by atoms with Gasteiger partial charge in [0.2, 0.25) is 0 Å². The molecule has 0 bridgehead atoms. The third-order valence-corrected chi connectivity index (χ3v) is 5.63. The van der Waals surface area contributed by atoms with E-state index in [-0.39, 0.29) is 21.2 Å². The van der Waals surface area contributed by atoms with E-state index in [0.717, 1.165) is 23.5 Å². The van der Waals surface area contributed by atoms with Crippen LogP contribution in [0.15, 0.2) is 42.5 Å². The molecule has 0 fully saturated rings. The van der Waals surface area contributed by atoms with Gasteiger partial charge in [0.25, 0.3) is 5.91 Å². The summed E-state index contributed by atoms with van der Waals surface area (Å²) in [6.07, 6.45) is -4.43. The average Bonchev–Trinajstić information content (AvgIpc) is 3.10. The monoisotopic (exact) mass is 454 g/mol. The number of rotatable bonds is 4. The van der Waals surface area contributed by atoms with Crippen LogP contribution >= 0.6 is 22.9 Å². The molecule has 5 nitrogen and oxygen atoms in total. The molecule has 0 atom stereocenters. The Bertz CT molecular complexity index is 1110. The summed E-state index contributed by atoms with van der Waals surface area (Å²) in [6.45, 7) is 1.62. The first-order valence-electron chi connectivity index (χ1n) is 8.44. The molecule has 0 aliphatic heterocycles. The number of esters is 1. The molecular weight excluding hydrogens is 441 g/mol. The van der Waals surface area contributed by atoms with E-state index < -0.39 is 23.6 Å². The third-order valence-electron chi connectivity index (χ3n) is 4.10. The number of benzene rings is 2. The van der Waals surface area contributed by atoms with Crippen LogP contribution in [0.1, 0.15) is 31.3 Å². The summed E-state index contributed by atoms with van der Waals surface area (Å²) >= 11 is 7.13. The van der Waals surface area contributed by atoms with Crippen LogP contribution < -0.4 is 5.32 Å². The van der Waals surface area contributed by atoms with Gasteiger partial charge in [0.05, 0.1) is 34.6 Å². The molecular formula is C20H14ClF3N2O3S. The maximum Gasteiger partial charge on any atom is 0.416 e. The number of anilines is 1. The lowest BCUT2D eigenvalue weighted by Gasteiger charge is -2.08. The lowest BCUT2D eigenvalue weighted by Crippen LogP contribution is -2.13. The predicted octanol–water partition coefficient (Wildman–Crippen LogP) is 5.83. The number of hydrogen-bond donors (Lipinski definition) is 1. The summed E-state index contributed by atoms with van der Waals surface area (Å²) in [4.78, 5) is 28.9. The number of alkyl halides is 3. The van der Waals surface area contributed by atoms with Gasteiger partial charge in [-0.05, 0) is 37.3 Å². The number of hydrogen-bond acceptors (Lipinski definition) is 5. The van der Waals surface area contributed by atoms with Crippen molar-refractivity contribution < 1.29 is 27.5 Å². The molecule has 0 aliphatic rings. The van der Waals surface area contributed by atoms with Gasteiger partial charge in [0.1, 0.15) is 9.88 Å². The van der Waals surface area contributed by atoms with Crippen LogP contribution in [-0.4, -0.2) is 24.0 Å². The Morgan fingerprint density at radius 1 is 1.13 bits per heavy atom. The van der Waals surface area contributed by atoms with Crippen LogP contribution in [0.5, 0.6) is 0 Å². The number of aryl methyl sites for hydroxylation is 1. The SMILES string of the molecule is COC(=O)c1ccc(Cl)c(NC(=O)c2sc(-c3ccc(C(F)(F)F)cc3)nc2C)c1. The minimum absolute atomic E-state index is 0.212. The highest BCUT2D eigenvalue weighted by atomic mass is 35.5. The molecule has 156 valence electrons. The first-order chi connectivity index (χ1) is 14.1. The minimum atomic E-state index is -4.43. The lowest BCUT2D eigenvalue weighted by atomic mass is 10.1. The summed E-state index contributed by atoms with van der Waals surface area (Å²) in [5, 5.41) is 3.25. The van der Waals surface area contributed by atoms with Crippen molar-refractivity contribution in [3.05, 3.63) is 69.2 Å². The maximum absolute atomic E-state index is 12.7. The number of aromatic nitrogens is 1. The first kappa shape index (κ1) is 21.8. The molecule has 10 heteroatoms. The van der Waals surface area contributed by atoms with E-state index in [0.29, 0.717) is 16.3 Å². The van der Waals surface area contributed by atoms with Gasteiger partial charge in [0.15, 0.2) is 0 Å². The quantitative estimate of drug-likeness (QED) is 0.504. The van der Waals surface area contributed by atoms with E-state index in [1.165, 1.54) is 37.4 Å². The van der Waals surface area contributed by atoms with Crippen LogP contribution in [0, 0.1) is 6.92 Å². The zero-order valence-corrected chi connectivity index (χ0v) is 17.2. The van der Waals surface area contributed by atoms with Gasteiger partial charge in [0, 0.05) is 5.56 Å². The molecule has 30 heavy (non-hydrogen) atoms. The van der Waals surface area contributed by atoms with Gasteiger partial charge in [-0.15, -0.1) is 11.3 Å². The second-order valence-electron chi connectivity index (χ2n) is 6.15. The molecule has 0 aliphatic carbocycles. The smallest absolute Gasteiger partial charge is 0.416 e. The topological polar surface area (TPSA) is 68.3 Å². The summed E-state index contributed by atoms with van der Waals surface area (Å²) < 4.78 is 42.8. The largest absolute Gasteiger partial charge is 0.465 e. The Balaban J connectivity index is 1.85. The van der Waals surface area contributed by atoms with Crippen molar-refractivity contribution in [2.24, 2.45) is 0 Å².